The number of carbonyl (C=O) groups excluding carboxylic acids is 1. The number of hydrogen-bond acceptors (Lipinski definition) is 4. The summed E-state index contributed by atoms with van der Waals surface area (Å²) in [6.07, 6.45) is 3.13. The number of sulfonamides is 1. The Hall–Kier alpha value is -0.460. The number of carbonyl (C=O) groups is 1. The second-order valence-corrected chi connectivity index (χ2v) is 7.65. The molecular formula is C14H28N2O3S. The van der Waals surface area contributed by atoms with E-state index >= 15 is 0 Å². The third-order valence-corrected chi connectivity index (χ3v) is 5.46. The van der Waals surface area contributed by atoms with Gasteiger partial charge in [0.15, 0.2) is 5.78 Å². The third-order valence-electron chi connectivity index (χ3n) is 4.22. The van der Waals surface area contributed by atoms with Crippen molar-refractivity contribution in [1.82, 2.24) is 9.21 Å². The SMILES string of the molecule is CCC[C@H]1CN(S(C)(=O)=O)CC1C(=O)CN(CC)CC. The van der Waals surface area contributed by atoms with Crippen molar-refractivity contribution in [2.75, 3.05) is 39.0 Å². The molecule has 1 saturated heterocycles. The molecule has 20 heavy (non-hydrogen) atoms. The molecule has 1 aliphatic heterocycles. The Balaban J connectivity index is 2.77. The predicted molar refractivity (Wildman–Crippen MR) is 81.1 cm³/mol. The summed E-state index contributed by atoms with van der Waals surface area (Å²) in [7, 11) is -3.19. The Kier molecular flexibility index (Phi) is 6.61. The van der Waals surface area contributed by atoms with Gasteiger partial charge >= 0.3 is 0 Å². The van der Waals surface area contributed by atoms with Gasteiger partial charge in [-0.3, -0.25) is 9.69 Å². The van der Waals surface area contributed by atoms with Crippen LogP contribution in [0.5, 0.6) is 0 Å². The molecule has 0 radical (unpaired) electrons. The maximum absolute atomic E-state index is 12.5. The first-order valence-electron chi connectivity index (χ1n) is 7.53. The lowest BCUT2D eigenvalue weighted by Crippen LogP contribution is -2.36. The maximum atomic E-state index is 12.5. The Bertz CT molecular complexity index is 418. The normalized spacial score (nSPS) is 24.4. The van der Waals surface area contributed by atoms with Crippen LogP contribution in [-0.2, 0) is 14.8 Å². The molecule has 1 unspecified atom stereocenters. The van der Waals surface area contributed by atoms with Gasteiger partial charge in [-0.15, -0.1) is 0 Å². The van der Waals surface area contributed by atoms with E-state index in [-0.39, 0.29) is 17.6 Å². The van der Waals surface area contributed by atoms with Crippen molar-refractivity contribution in [3.8, 4) is 0 Å². The van der Waals surface area contributed by atoms with Gasteiger partial charge < -0.3 is 0 Å². The first kappa shape index (κ1) is 17.6. The van der Waals surface area contributed by atoms with E-state index in [1.165, 1.54) is 10.6 Å². The van der Waals surface area contributed by atoms with Gasteiger partial charge in [-0.25, -0.2) is 12.7 Å². The van der Waals surface area contributed by atoms with Crippen LogP contribution in [0.1, 0.15) is 33.6 Å². The van der Waals surface area contributed by atoms with Gasteiger partial charge in [0.1, 0.15) is 0 Å². The van der Waals surface area contributed by atoms with Crippen LogP contribution in [-0.4, -0.2) is 62.4 Å². The first-order valence-corrected chi connectivity index (χ1v) is 9.38. The smallest absolute Gasteiger partial charge is 0.211 e. The van der Waals surface area contributed by atoms with Crippen LogP contribution in [0, 0.1) is 11.8 Å². The lowest BCUT2D eigenvalue weighted by molar-refractivity contribution is -0.124. The van der Waals surface area contributed by atoms with Crippen LogP contribution >= 0.6 is 0 Å². The molecule has 118 valence electrons. The number of Topliss-reactive ketones (excluding diaryl/α,β-unsaturated/α-hetero) is 1. The van der Waals surface area contributed by atoms with Crippen molar-refractivity contribution >= 4 is 15.8 Å². The minimum atomic E-state index is -3.19. The van der Waals surface area contributed by atoms with E-state index in [1.54, 1.807) is 0 Å². The van der Waals surface area contributed by atoms with Gasteiger partial charge in [-0.1, -0.05) is 27.2 Å². The summed E-state index contributed by atoms with van der Waals surface area (Å²) < 4.78 is 24.9. The second-order valence-electron chi connectivity index (χ2n) is 5.66. The van der Waals surface area contributed by atoms with E-state index in [0.29, 0.717) is 19.6 Å². The van der Waals surface area contributed by atoms with Crippen molar-refractivity contribution < 1.29 is 13.2 Å². The summed E-state index contributed by atoms with van der Waals surface area (Å²) in [5.41, 5.74) is 0. The molecule has 1 aliphatic rings. The molecule has 0 N–H and O–H groups in total. The molecule has 1 fully saturated rings. The average Bonchev–Trinajstić information content (AvgIpc) is 2.80. The van der Waals surface area contributed by atoms with E-state index in [1.807, 2.05) is 13.8 Å². The summed E-state index contributed by atoms with van der Waals surface area (Å²) in [4.78, 5) is 14.6. The summed E-state index contributed by atoms with van der Waals surface area (Å²) in [5, 5.41) is 0. The van der Waals surface area contributed by atoms with E-state index in [4.69, 9.17) is 0 Å². The number of ketones is 1. The molecule has 5 nitrogen and oxygen atoms in total. The van der Waals surface area contributed by atoms with Gasteiger partial charge in [0, 0.05) is 19.0 Å². The largest absolute Gasteiger partial charge is 0.298 e. The zero-order chi connectivity index (χ0) is 15.3. The molecule has 0 aromatic heterocycles. The fourth-order valence-electron chi connectivity index (χ4n) is 2.92. The van der Waals surface area contributed by atoms with Crippen molar-refractivity contribution in [3.05, 3.63) is 0 Å². The van der Waals surface area contributed by atoms with Crippen LogP contribution < -0.4 is 0 Å². The minimum Gasteiger partial charge on any atom is -0.298 e. The minimum absolute atomic E-state index is 0.134. The molecule has 1 heterocycles. The molecule has 0 aromatic rings. The van der Waals surface area contributed by atoms with Crippen LogP contribution in [0.15, 0.2) is 0 Å². The lowest BCUT2D eigenvalue weighted by atomic mass is 9.88. The topological polar surface area (TPSA) is 57.7 Å². The molecular weight excluding hydrogens is 276 g/mol. The van der Waals surface area contributed by atoms with Gasteiger partial charge in [-0.2, -0.15) is 0 Å². The molecule has 0 aromatic carbocycles. The van der Waals surface area contributed by atoms with Crippen LogP contribution in [0.4, 0.5) is 0 Å². The Morgan fingerprint density at radius 2 is 1.80 bits per heavy atom. The molecule has 0 spiro atoms. The highest BCUT2D eigenvalue weighted by molar-refractivity contribution is 7.88. The van der Waals surface area contributed by atoms with Crippen LogP contribution in [0.25, 0.3) is 0 Å². The number of hydrogen-bond donors (Lipinski definition) is 0. The maximum Gasteiger partial charge on any atom is 0.211 e. The Labute approximate surface area is 123 Å². The summed E-state index contributed by atoms with van der Waals surface area (Å²) in [6, 6.07) is 0. The molecule has 0 amide bonds. The predicted octanol–water partition coefficient (Wildman–Crippen LogP) is 1.21. The fraction of sp³-hybridized carbons (Fsp3) is 0.929. The Morgan fingerprint density at radius 3 is 2.25 bits per heavy atom. The van der Waals surface area contributed by atoms with Gasteiger partial charge in [0.25, 0.3) is 0 Å². The molecule has 0 aliphatic carbocycles. The number of rotatable bonds is 8. The summed E-state index contributed by atoms with van der Waals surface area (Å²) in [6.45, 7) is 9.16. The number of nitrogens with zero attached hydrogens (tertiary/aromatic N) is 2. The van der Waals surface area contributed by atoms with E-state index in [0.717, 1.165) is 25.9 Å². The van der Waals surface area contributed by atoms with E-state index in [2.05, 4.69) is 11.8 Å². The Morgan fingerprint density at radius 1 is 1.20 bits per heavy atom. The van der Waals surface area contributed by atoms with Crippen molar-refractivity contribution in [3.63, 3.8) is 0 Å². The number of likely N-dealkylation sites (N-methyl/N-ethyl adjacent to an activating group) is 1. The van der Waals surface area contributed by atoms with Gasteiger partial charge in [-0.05, 0) is 25.4 Å². The lowest BCUT2D eigenvalue weighted by Gasteiger charge is -2.22. The van der Waals surface area contributed by atoms with E-state index < -0.39 is 10.0 Å². The third kappa shape index (κ3) is 4.53. The van der Waals surface area contributed by atoms with Crippen molar-refractivity contribution in [2.24, 2.45) is 11.8 Å². The van der Waals surface area contributed by atoms with Gasteiger partial charge in [0.05, 0.1) is 12.8 Å². The van der Waals surface area contributed by atoms with E-state index in [9.17, 15) is 13.2 Å². The molecule has 0 bridgehead atoms. The molecule has 0 saturated carbocycles. The second kappa shape index (κ2) is 7.52. The molecule has 2 atom stereocenters. The summed E-state index contributed by atoms with van der Waals surface area (Å²) in [5.74, 6) is 0.237. The van der Waals surface area contributed by atoms with Crippen LogP contribution in [0.2, 0.25) is 0 Å². The first-order chi connectivity index (χ1) is 9.33. The standard InChI is InChI=1S/C14H28N2O3S/c1-5-8-12-9-16(20(4,18)19)10-13(12)14(17)11-15(6-2)7-3/h12-13H,5-11H2,1-4H3/t12-,13?/m0/s1. The average molecular weight is 304 g/mol. The molecule has 1 rings (SSSR count). The quantitative estimate of drug-likeness (QED) is 0.676. The molecule has 6 heteroatoms. The highest BCUT2D eigenvalue weighted by atomic mass is 32.2. The fourth-order valence-corrected chi connectivity index (χ4v) is 3.81. The van der Waals surface area contributed by atoms with Crippen molar-refractivity contribution in [2.45, 2.75) is 33.6 Å². The van der Waals surface area contributed by atoms with Crippen molar-refractivity contribution in [1.29, 1.82) is 0 Å². The zero-order valence-electron chi connectivity index (χ0n) is 13.1. The zero-order valence-corrected chi connectivity index (χ0v) is 13.9. The monoisotopic (exact) mass is 304 g/mol. The van der Waals surface area contributed by atoms with Crippen LogP contribution in [0.3, 0.4) is 0 Å². The van der Waals surface area contributed by atoms with Gasteiger partial charge in [0.2, 0.25) is 10.0 Å². The highest BCUT2D eigenvalue weighted by Gasteiger charge is 2.40. The summed E-state index contributed by atoms with van der Waals surface area (Å²) >= 11 is 0. The highest BCUT2D eigenvalue weighted by Crippen LogP contribution is 2.29.